The Morgan fingerprint density at radius 3 is 2.38 bits per heavy atom. The molecule has 0 aliphatic rings. The van der Waals surface area contributed by atoms with E-state index in [1.165, 1.54) is 14.1 Å². The number of carbonyl (C=O) groups excluding carboxylic acids is 1. The molecular formula is C12H13N3O6. The molecule has 0 spiro atoms. The van der Waals surface area contributed by atoms with Crippen LogP contribution in [0.5, 0.6) is 0 Å². The van der Waals surface area contributed by atoms with Gasteiger partial charge in [0, 0.05) is 14.1 Å². The van der Waals surface area contributed by atoms with Crippen LogP contribution in [0.25, 0.3) is 11.0 Å². The lowest BCUT2D eigenvalue weighted by molar-refractivity contribution is 0.0519. The van der Waals surface area contributed by atoms with Crippen LogP contribution in [0.4, 0.5) is 0 Å². The number of hydrogen-bond donors (Lipinski definition) is 1. The number of pyridine rings is 1. The van der Waals surface area contributed by atoms with E-state index in [9.17, 15) is 24.4 Å². The highest BCUT2D eigenvalue weighted by molar-refractivity contribution is 5.92. The van der Waals surface area contributed by atoms with Crippen molar-refractivity contribution in [1.82, 2.24) is 13.9 Å². The minimum atomic E-state index is -1.07. The fourth-order valence-electron chi connectivity index (χ4n) is 2.01. The van der Waals surface area contributed by atoms with Crippen LogP contribution in [0.1, 0.15) is 17.3 Å². The zero-order valence-corrected chi connectivity index (χ0v) is 11.6. The third-order valence-corrected chi connectivity index (χ3v) is 3.07. The number of nitrogens with zero attached hydrogens (tertiary/aromatic N) is 3. The molecule has 112 valence electrons. The van der Waals surface area contributed by atoms with Gasteiger partial charge >= 0.3 is 11.7 Å². The summed E-state index contributed by atoms with van der Waals surface area (Å²) >= 11 is 0. The van der Waals surface area contributed by atoms with Crippen LogP contribution in [0.3, 0.4) is 0 Å². The first-order chi connectivity index (χ1) is 9.81. The largest absolute Gasteiger partial charge is 0.462 e. The van der Waals surface area contributed by atoms with Gasteiger partial charge in [-0.05, 0) is 13.0 Å². The SMILES string of the molecule is CCOC(=O)c1cc2c(=O)n(C)c(=O)n(C)c2n(O)c1=O. The fraction of sp³-hybridized carbons (Fsp3) is 0.333. The second-order valence-electron chi connectivity index (χ2n) is 4.34. The molecule has 0 saturated carbocycles. The van der Waals surface area contributed by atoms with Gasteiger partial charge in [-0.3, -0.25) is 18.7 Å². The summed E-state index contributed by atoms with van der Waals surface area (Å²) in [5, 5.41) is 9.72. The molecule has 2 rings (SSSR count). The summed E-state index contributed by atoms with van der Waals surface area (Å²) in [5.74, 6) is -0.955. The topological polar surface area (TPSA) is 113 Å². The van der Waals surface area contributed by atoms with Crippen LogP contribution in [-0.2, 0) is 18.8 Å². The summed E-state index contributed by atoms with van der Waals surface area (Å²) in [4.78, 5) is 47.5. The van der Waals surface area contributed by atoms with Gasteiger partial charge in [0.2, 0.25) is 0 Å². The molecular weight excluding hydrogens is 282 g/mol. The van der Waals surface area contributed by atoms with Crippen LogP contribution in [0, 0.1) is 0 Å². The molecule has 0 unspecified atom stereocenters. The lowest BCUT2D eigenvalue weighted by Crippen LogP contribution is -2.40. The van der Waals surface area contributed by atoms with Crippen molar-refractivity contribution in [3.8, 4) is 0 Å². The number of hydrogen-bond acceptors (Lipinski definition) is 6. The molecule has 9 heteroatoms. The zero-order chi connectivity index (χ0) is 15.9. The van der Waals surface area contributed by atoms with E-state index >= 15 is 0 Å². The molecule has 1 N–H and O–H groups in total. The summed E-state index contributed by atoms with van der Waals surface area (Å²) in [6.45, 7) is 1.59. The third kappa shape index (κ3) is 2.02. The van der Waals surface area contributed by atoms with Crippen LogP contribution < -0.4 is 16.8 Å². The van der Waals surface area contributed by atoms with E-state index in [0.717, 1.165) is 15.2 Å². The Bertz CT molecular complexity index is 918. The van der Waals surface area contributed by atoms with Gasteiger partial charge in [0.15, 0.2) is 5.65 Å². The molecule has 0 saturated heterocycles. The number of aromatic nitrogens is 3. The Morgan fingerprint density at radius 2 is 1.81 bits per heavy atom. The van der Waals surface area contributed by atoms with Crippen molar-refractivity contribution in [1.29, 1.82) is 0 Å². The minimum absolute atomic E-state index is 0.0347. The molecule has 21 heavy (non-hydrogen) atoms. The molecule has 0 radical (unpaired) electrons. The van der Waals surface area contributed by atoms with Gasteiger partial charge in [0.05, 0.1) is 12.0 Å². The Balaban J connectivity index is 3.03. The monoisotopic (exact) mass is 295 g/mol. The minimum Gasteiger partial charge on any atom is -0.462 e. The molecule has 0 amide bonds. The van der Waals surface area contributed by atoms with E-state index in [2.05, 4.69) is 0 Å². The van der Waals surface area contributed by atoms with Gasteiger partial charge in [-0.1, -0.05) is 0 Å². The summed E-state index contributed by atoms with van der Waals surface area (Å²) in [6.07, 6.45) is 0. The molecule has 9 nitrogen and oxygen atoms in total. The average Bonchev–Trinajstić information content (AvgIpc) is 2.45. The predicted octanol–water partition coefficient (Wildman–Crippen LogP) is -1.19. The maximum Gasteiger partial charge on any atom is 0.343 e. The van der Waals surface area contributed by atoms with Gasteiger partial charge in [0.1, 0.15) is 5.56 Å². The fourth-order valence-corrected chi connectivity index (χ4v) is 2.01. The molecule has 0 aromatic carbocycles. The van der Waals surface area contributed by atoms with Crippen molar-refractivity contribution in [3.63, 3.8) is 0 Å². The van der Waals surface area contributed by atoms with Crippen molar-refractivity contribution in [2.45, 2.75) is 6.92 Å². The van der Waals surface area contributed by atoms with Crippen LogP contribution >= 0.6 is 0 Å². The van der Waals surface area contributed by atoms with Gasteiger partial charge in [-0.15, -0.1) is 4.73 Å². The number of aryl methyl sites for hydroxylation is 1. The number of esters is 1. The molecule has 2 heterocycles. The molecule has 2 aromatic rings. The van der Waals surface area contributed by atoms with Crippen molar-refractivity contribution in [2.75, 3.05) is 6.61 Å². The summed E-state index contributed by atoms with van der Waals surface area (Å²) in [6, 6.07) is 1.02. The lowest BCUT2D eigenvalue weighted by Gasteiger charge is -2.11. The second kappa shape index (κ2) is 4.93. The number of rotatable bonds is 2. The average molecular weight is 295 g/mol. The maximum atomic E-state index is 12.1. The summed E-state index contributed by atoms with van der Waals surface area (Å²) in [7, 11) is 2.54. The number of carbonyl (C=O) groups is 1. The standard InChI is InChI=1S/C12H13N3O6/c1-4-21-11(18)7-5-6-8(15(20)10(7)17)13(2)12(19)14(3)9(6)16/h5,20H,4H2,1-3H3. The van der Waals surface area contributed by atoms with E-state index in [-0.39, 0.29) is 22.4 Å². The predicted molar refractivity (Wildman–Crippen MR) is 71.8 cm³/mol. The number of fused-ring (bicyclic) bond motifs is 1. The molecule has 0 fully saturated rings. The highest BCUT2D eigenvalue weighted by Crippen LogP contribution is 2.07. The smallest absolute Gasteiger partial charge is 0.343 e. The highest BCUT2D eigenvalue weighted by atomic mass is 16.5. The van der Waals surface area contributed by atoms with E-state index in [1.54, 1.807) is 6.92 Å². The Labute approximate surface area is 117 Å². The first-order valence-corrected chi connectivity index (χ1v) is 6.03. The quantitative estimate of drug-likeness (QED) is 0.551. The first-order valence-electron chi connectivity index (χ1n) is 6.03. The van der Waals surface area contributed by atoms with Crippen molar-refractivity contribution < 1.29 is 14.7 Å². The van der Waals surface area contributed by atoms with Gasteiger partial charge in [-0.2, -0.15) is 0 Å². The zero-order valence-electron chi connectivity index (χ0n) is 11.6. The van der Waals surface area contributed by atoms with Gasteiger partial charge in [0.25, 0.3) is 11.1 Å². The third-order valence-electron chi connectivity index (χ3n) is 3.07. The normalized spacial score (nSPS) is 10.8. The van der Waals surface area contributed by atoms with E-state index < -0.39 is 28.3 Å². The van der Waals surface area contributed by atoms with Crippen LogP contribution in [0.15, 0.2) is 20.4 Å². The molecule has 0 bridgehead atoms. The number of ether oxygens (including phenoxy) is 1. The van der Waals surface area contributed by atoms with Crippen LogP contribution in [0.2, 0.25) is 0 Å². The van der Waals surface area contributed by atoms with Crippen molar-refractivity contribution >= 4 is 17.0 Å². The summed E-state index contributed by atoms with van der Waals surface area (Å²) < 4.78 is 6.54. The highest BCUT2D eigenvalue weighted by Gasteiger charge is 2.20. The van der Waals surface area contributed by atoms with Gasteiger partial charge < -0.3 is 9.94 Å². The van der Waals surface area contributed by atoms with Crippen molar-refractivity contribution in [2.24, 2.45) is 14.1 Å². The Kier molecular flexibility index (Phi) is 3.42. The molecule has 0 aliphatic heterocycles. The van der Waals surface area contributed by atoms with E-state index in [0.29, 0.717) is 0 Å². The van der Waals surface area contributed by atoms with Crippen LogP contribution in [-0.4, -0.2) is 31.6 Å². The first kappa shape index (κ1) is 14.6. The maximum absolute atomic E-state index is 12.1. The molecule has 2 aromatic heterocycles. The Hall–Kier alpha value is -2.84. The van der Waals surface area contributed by atoms with Crippen molar-refractivity contribution in [3.05, 3.63) is 42.8 Å². The molecule has 0 aliphatic carbocycles. The van der Waals surface area contributed by atoms with E-state index in [4.69, 9.17) is 4.74 Å². The van der Waals surface area contributed by atoms with E-state index in [1.807, 2.05) is 0 Å². The molecule has 0 atom stereocenters. The summed E-state index contributed by atoms with van der Waals surface area (Å²) in [5.41, 5.74) is -3.28. The second-order valence-corrected chi connectivity index (χ2v) is 4.34. The Morgan fingerprint density at radius 1 is 1.19 bits per heavy atom. The van der Waals surface area contributed by atoms with Gasteiger partial charge in [-0.25, -0.2) is 9.59 Å². The lowest BCUT2D eigenvalue weighted by atomic mass is 10.2.